The third kappa shape index (κ3) is 4.23. The number of aliphatic hydroxyl groups is 1. The molecule has 7 heteroatoms. The van der Waals surface area contributed by atoms with Gasteiger partial charge < -0.3 is 19.2 Å². The monoisotopic (exact) mass is 505 g/mol. The van der Waals surface area contributed by atoms with Gasteiger partial charge in [0.2, 0.25) is 5.91 Å². The Morgan fingerprint density at radius 2 is 1.64 bits per heavy atom. The van der Waals surface area contributed by atoms with Crippen LogP contribution >= 0.6 is 0 Å². The van der Waals surface area contributed by atoms with Gasteiger partial charge in [0, 0.05) is 18.1 Å². The number of carbonyl (C=O) groups is 2. The van der Waals surface area contributed by atoms with E-state index in [4.69, 9.17) is 9.16 Å². The number of fused-ring (bicyclic) bond motifs is 3. The third-order valence-corrected chi connectivity index (χ3v) is 12.9. The molecule has 190 valence electrons. The summed E-state index contributed by atoms with van der Waals surface area (Å²) in [7, 11) is -2.81. The van der Waals surface area contributed by atoms with Gasteiger partial charge >= 0.3 is 5.97 Å². The molecule has 3 heterocycles. The molecule has 2 aromatic carbocycles. The van der Waals surface area contributed by atoms with Crippen LogP contribution in [0.1, 0.15) is 46.5 Å². The van der Waals surface area contributed by atoms with Crippen LogP contribution in [-0.4, -0.2) is 61.1 Å². The van der Waals surface area contributed by atoms with Crippen molar-refractivity contribution in [1.29, 1.82) is 0 Å². The first-order valence-electron chi connectivity index (χ1n) is 12.9. The fourth-order valence-corrected chi connectivity index (χ4v) is 11.0. The fraction of sp³-hybridized carbons (Fsp3) is 0.448. The van der Waals surface area contributed by atoms with Crippen LogP contribution in [0.25, 0.3) is 0 Å². The number of hydrogen-bond acceptors (Lipinski definition) is 5. The summed E-state index contributed by atoms with van der Waals surface area (Å²) in [6.45, 7) is 6.99. The minimum atomic E-state index is -2.81. The normalized spacial score (nSPS) is 26.6. The second kappa shape index (κ2) is 9.61. The summed E-state index contributed by atoms with van der Waals surface area (Å²) in [5.41, 5.74) is 0.595. The number of amides is 1. The smallest absolute Gasteiger partial charge is 0.331 e. The Kier molecular flexibility index (Phi) is 6.66. The van der Waals surface area contributed by atoms with Gasteiger partial charge in [-0.1, -0.05) is 81.4 Å². The number of aliphatic hydroxyl groups excluding tert-OH is 1. The summed E-state index contributed by atoms with van der Waals surface area (Å²) < 4.78 is 12.8. The summed E-state index contributed by atoms with van der Waals surface area (Å²) in [6.07, 6.45) is 2.25. The van der Waals surface area contributed by atoms with Gasteiger partial charge in [0.05, 0.1) is 24.8 Å². The highest BCUT2D eigenvalue weighted by Gasteiger charge is 2.53. The van der Waals surface area contributed by atoms with E-state index in [9.17, 15) is 14.7 Å². The molecule has 0 bridgehead atoms. The molecular weight excluding hydrogens is 470 g/mol. The number of piperidine rings is 1. The SMILES string of the molecule is CC(C)(C)[Si](OC[C@H]1C[C@H](O)C2=CC(=O)O[C@H]2[C@H]2CCCC(=O)N12)(c1ccccc1)c1ccccc1. The summed E-state index contributed by atoms with van der Waals surface area (Å²) in [5.74, 6) is -0.396. The van der Waals surface area contributed by atoms with E-state index in [2.05, 4.69) is 69.3 Å². The van der Waals surface area contributed by atoms with Gasteiger partial charge in [0.1, 0.15) is 6.10 Å². The number of benzene rings is 2. The minimum Gasteiger partial charge on any atom is -0.452 e. The molecule has 3 aliphatic heterocycles. The van der Waals surface area contributed by atoms with Crippen molar-refractivity contribution in [2.24, 2.45) is 0 Å². The van der Waals surface area contributed by atoms with Crippen molar-refractivity contribution in [2.75, 3.05) is 6.61 Å². The second-order valence-corrected chi connectivity index (χ2v) is 15.4. The van der Waals surface area contributed by atoms with Crippen molar-refractivity contribution in [3.05, 3.63) is 72.3 Å². The highest BCUT2D eigenvalue weighted by atomic mass is 28.4. The van der Waals surface area contributed by atoms with Crippen molar-refractivity contribution in [3.63, 3.8) is 0 Å². The first-order chi connectivity index (χ1) is 17.2. The van der Waals surface area contributed by atoms with Gasteiger partial charge in [-0.05, 0) is 34.7 Å². The highest BCUT2D eigenvalue weighted by molar-refractivity contribution is 6.99. The largest absolute Gasteiger partial charge is 0.452 e. The summed E-state index contributed by atoms with van der Waals surface area (Å²) in [4.78, 5) is 27.2. The van der Waals surface area contributed by atoms with E-state index in [1.807, 2.05) is 17.0 Å². The molecule has 2 saturated heterocycles. The molecule has 6 nitrogen and oxygen atoms in total. The number of rotatable bonds is 5. The molecule has 2 fully saturated rings. The molecule has 0 radical (unpaired) electrons. The molecule has 0 saturated carbocycles. The van der Waals surface area contributed by atoms with Crippen LogP contribution in [0.5, 0.6) is 0 Å². The average Bonchev–Trinajstić information content (AvgIpc) is 3.21. The van der Waals surface area contributed by atoms with E-state index in [0.717, 1.165) is 12.8 Å². The zero-order chi connectivity index (χ0) is 25.5. The lowest BCUT2D eigenvalue weighted by atomic mass is 9.93. The molecule has 5 rings (SSSR count). The number of carbonyl (C=O) groups excluding carboxylic acids is 2. The standard InChI is InChI=1S/C29H35NO5Si/c1-29(2,3)36(21-11-6-4-7-12-21,22-13-8-5-9-14-22)34-19-20-17-25(31)23-18-27(33)35-28(23)24-15-10-16-26(32)30(20)24/h4-9,11-14,18,20,24-25,28,31H,10,15-17,19H2,1-3H3/t20-,24-,25+,28-/m1/s1. The summed E-state index contributed by atoms with van der Waals surface area (Å²) in [5, 5.41) is 13.3. The molecule has 1 amide bonds. The van der Waals surface area contributed by atoms with Crippen LogP contribution in [0.2, 0.25) is 5.04 Å². The van der Waals surface area contributed by atoms with Gasteiger partial charge in [-0.3, -0.25) is 4.79 Å². The first-order valence-corrected chi connectivity index (χ1v) is 14.8. The van der Waals surface area contributed by atoms with E-state index in [1.54, 1.807) is 0 Å². The summed E-state index contributed by atoms with van der Waals surface area (Å²) >= 11 is 0. The Labute approximate surface area is 214 Å². The third-order valence-electron chi connectivity index (χ3n) is 7.92. The van der Waals surface area contributed by atoms with Crippen LogP contribution < -0.4 is 10.4 Å². The van der Waals surface area contributed by atoms with E-state index in [-0.39, 0.29) is 23.0 Å². The molecule has 0 unspecified atom stereocenters. The maximum absolute atomic E-state index is 13.3. The molecule has 1 N–H and O–H groups in total. The Morgan fingerprint density at radius 1 is 1.03 bits per heavy atom. The Balaban J connectivity index is 1.55. The van der Waals surface area contributed by atoms with E-state index >= 15 is 0 Å². The van der Waals surface area contributed by atoms with E-state index < -0.39 is 26.5 Å². The maximum atomic E-state index is 13.3. The lowest BCUT2D eigenvalue weighted by Crippen LogP contribution is -2.67. The zero-order valence-electron chi connectivity index (χ0n) is 21.2. The lowest BCUT2D eigenvalue weighted by Gasteiger charge is -2.46. The quantitative estimate of drug-likeness (QED) is 0.500. The number of hydrogen-bond donors (Lipinski definition) is 1. The van der Waals surface area contributed by atoms with Gasteiger partial charge in [0.25, 0.3) is 8.32 Å². The molecule has 0 aliphatic carbocycles. The van der Waals surface area contributed by atoms with Gasteiger partial charge in [-0.25, -0.2) is 4.79 Å². The minimum absolute atomic E-state index is 0.0405. The molecule has 4 atom stereocenters. The molecule has 3 aliphatic rings. The topological polar surface area (TPSA) is 76.1 Å². The maximum Gasteiger partial charge on any atom is 0.331 e. The number of esters is 1. The van der Waals surface area contributed by atoms with Gasteiger partial charge in [-0.2, -0.15) is 0 Å². The molecular formula is C29H35NO5Si. The molecule has 0 aromatic heterocycles. The first kappa shape index (κ1) is 24.9. The highest BCUT2D eigenvalue weighted by Crippen LogP contribution is 2.40. The van der Waals surface area contributed by atoms with Crippen molar-refractivity contribution in [2.45, 2.75) is 75.8 Å². The lowest BCUT2D eigenvalue weighted by molar-refractivity contribution is -0.151. The second-order valence-electron chi connectivity index (χ2n) is 11.1. The zero-order valence-corrected chi connectivity index (χ0v) is 22.2. The van der Waals surface area contributed by atoms with Crippen molar-refractivity contribution < 1.29 is 23.9 Å². The predicted molar refractivity (Wildman–Crippen MR) is 140 cm³/mol. The van der Waals surface area contributed by atoms with Crippen LogP contribution in [0, 0.1) is 0 Å². The Bertz CT molecular complexity index is 1100. The van der Waals surface area contributed by atoms with Crippen LogP contribution in [0.3, 0.4) is 0 Å². The number of nitrogens with zero attached hydrogens (tertiary/aromatic N) is 1. The van der Waals surface area contributed by atoms with Crippen molar-refractivity contribution >= 4 is 30.6 Å². The molecule has 36 heavy (non-hydrogen) atoms. The predicted octanol–water partition coefficient (Wildman–Crippen LogP) is 2.93. The number of ether oxygens (including phenoxy) is 1. The molecule has 2 aromatic rings. The Morgan fingerprint density at radius 3 is 2.22 bits per heavy atom. The van der Waals surface area contributed by atoms with Gasteiger partial charge in [0.15, 0.2) is 0 Å². The van der Waals surface area contributed by atoms with E-state index in [1.165, 1.54) is 16.4 Å². The van der Waals surface area contributed by atoms with Crippen molar-refractivity contribution in [3.8, 4) is 0 Å². The summed E-state index contributed by atoms with van der Waals surface area (Å²) in [6, 6.07) is 20.3. The Hall–Kier alpha value is -2.74. The van der Waals surface area contributed by atoms with Crippen LogP contribution in [-0.2, 0) is 18.8 Å². The molecule has 0 spiro atoms. The van der Waals surface area contributed by atoms with Gasteiger partial charge in [-0.15, -0.1) is 0 Å². The average molecular weight is 506 g/mol. The van der Waals surface area contributed by atoms with Crippen molar-refractivity contribution in [1.82, 2.24) is 4.90 Å². The van der Waals surface area contributed by atoms with E-state index in [0.29, 0.717) is 25.0 Å². The fourth-order valence-electron chi connectivity index (χ4n) is 6.36. The van der Waals surface area contributed by atoms with Crippen LogP contribution in [0.15, 0.2) is 72.3 Å². The van der Waals surface area contributed by atoms with Crippen LogP contribution in [0.4, 0.5) is 0 Å².